The summed E-state index contributed by atoms with van der Waals surface area (Å²) in [7, 11) is 6.70. The molecule has 3 rings (SSSR count). The molecule has 168 valence electrons. The Balaban J connectivity index is 1.68. The lowest BCUT2D eigenvalue weighted by Crippen LogP contribution is -2.42. The van der Waals surface area contributed by atoms with Crippen LogP contribution in [-0.2, 0) is 6.54 Å². The molecule has 1 aliphatic heterocycles. The molecule has 1 aliphatic rings. The van der Waals surface area contributed by atoms with E-state index in [2.05, 4.69) is 50.9 Å². The Hall–Kier alpha value is -2.93. The van der Waals surface area contributed by atoms with Gasteiger partial charge in [-0.3, -0.25) is 9.89 Å². The number of nitrogens with one attached hydrogen (secondary N) is 2. The van der Waals surface area contributed by atoms with Crippen molar-refractivity contribution in [2.45, 2.75) is 25.4 Å². The molecule has 2 aromatic rings. The lowest BCUT2D eigenvalue weighted by Gasteiger charge is -2.29. The van der Waals surface area contributed by atoms with Crippen LogP contribution < -0.4 is 24.8 Å². The zero-order chi connectivity index (χ0) is 22.1. The number of rotatable bonds is 9. The Morgan fingerprint density at radius 1 is 0.968 bits per heavy atom. The maximum absolute atomic E-state index is 5.55. The van der Waals surface area contributed by atoms with E-state index in [4.69, 9.17) is 14.2 Å². The van der Waals surface area contributed by atoms with Gasteiger partial charge in [-0.25, -0.2) is 0 Å². The second-order valence-corrected chi connectivity index (χ2v) is 7.49. The molecule has 1 unspecified atom stereocenters. The van der Waals surface area contributed by atoms with Crippen molar-refractivity contribution in [3.05, 3.63) is 53.6 Å². The zero-order valence-corrected chi connectivity index (χ0v) is 19.0. The van der Waals surface area contributed by atoms with Crippen molar-refractivity contribution in [1.29, 1.82) is 0 Å². The quantitative estimate of drug-likeness (QED) is 0.474. The summed E-state index contributed by atoms with van der Waals surface area (Å²) >= 11 is 0. The molecule has 0 amide bonds. The van der Waals surface area contributed by atoms with Crippen molar-refractivity contribution < 1.29 is 14.2 Å². The van der Waals surface area contributed by atoms with Gasteiger partial charge < -0.3 is 24.8 Å². The lowest BCUT2D eigenvalue weighted by molar-refractivity contribution is 0.245. The van der Waals surface area contributed by atoms with Gasteiger partial charge in [0.2, 0.25) is 0 Å². The summed E-state index contributed by atoms with van der Waals surface area (Å²) in [5.74, 6) is 2.84. The van der Waals surface area contributed by atoms with Crippen LogP contribution in [0.15, 0.2) is 47.5 Å². The highest BCUT2D eigenvalue weighted by molar-refractivity contribution is 5.79. The second-order valence-electron chi connectivity index (χ2n) is 7.49. The van der Waals surface area contributed by atoms with E-state index in [0.717, 1.165) is 31.2 Å². The van der Waals surface area contributed by atoms with Gasteiger partial charge in [0.15, 0.2) is 5.96 Å². The first kappa shape index (κ1) is 22.7. The van der Waals surface area contributed by atoms with E-state index >= 15 is 0 Å². The Labute approximate surface area is 185 Å². The topological polar surface area (TPSA) is 67.4 Å². The molecule has 1 atom stereocenters. The summed E-state index contributed by atoms with van der Waals surface area (Å²) in [5.41, 5.74) is 2.23. The summed E-state index contributed by atoms with van der Waals surface area (Å²) in [5, 5.41) is 6.89. The third-order valence-electron chi connectivity index (χ3n) is 5.70. The Bertz CT molecular complexity index is 826. The second kappa shape index (κ2) is 11.5. The van der Waals surface area contributed by atoms with Crippen LogP contribution in [0.5, 0.6) is 17.2 Å². The molecule has 31 heavy (non-hydrogen) atoms. The van der Waals surface area contributed by atoms with Crippen LogP contribution in [0.25, 0.3) is 0 Å². The van der Waals surface area contributed by atoms with Crippen molar-refractivity contribution in [2.75, 3.05) is 48.0 Å². The highest BCUT2D eigenvalue weighted by Crippen LogP contribution is 2.33. The smallest absolute Gasteiger partial charge is 0.191 e. The van der Waals surface area contributed by atoms with E-state index in [1.165, 1.54) is 18.4 Å². The van der Waals surface area contributed by atoms with Crippen molar-refractivity contribution >= 4 is 5.96 Å². The molecule has 1 fully saturated rings. The largest absolute Gasteiger partial charge is 0.496 e. The predicted molar refractivity (Wildman–Crippen MR) is 124 cm³/mol. The number of ether oxygens (including phenoxy) is 3. The number of methoxy groups -OCH3 is 3. The van der Waals surface area contributed by atoms with Gasteiger partial charge in [0.05, 0.1) is 39.5 Å². The number of likely N-dealkylation sites (tertiary alicyclic amines) is 1. The molecule has 2 aromatic carbocycles. The first-order chi connectivity index (χ1) is 15.2. The van der Waals surface area contributed by atoms with Gasteiger partial charge in [0.1, 0.15) is 17.2 Å². The summed E-state index contributed by atoms with van der Waals surface area (Å²) in [6, 6.07) is 14.7. The first-order valence-electron chi connectivity index (χ1n) is 10.7. The van der Waals surface area contributed by atoms with Gasteiger partial charge in [0, 0.05) is 25.7 Å². The van der Waals surface area contributed by atoms with E-state index < -0.39 is 0 Å². The van der Waals surface area contributed by atoms with E-state index in [1.807, 2.05) is 12.1 Å². The maximum atomic E-state index is 5.55. The molecule has 0 spiro atoms. The molecule has 0 bridgehead atoms. The fourth-order valence-electron chi connectivity index (χ4n) is 4.02. The molecule has 7 nitrogen and oxygen atoms in total. The Kier molecular flexibility index (Phi) is 8.41. The van der Waals surface area contributed by atoms with E-state index in [9.17, 15) is 0 Å². The van der Waals surface area contributed by atoms with Crippen LogP contribution in [0.2, 0.25) is 0 Å². The fourth-order valence-corrected chi connectivity index (χ4v) is 4.02. The Morgan fingerprint density at radius 3 is 2.16 bits per heavy atom. The Morgan fingerprint density at radius 2 is 1.61 bits per heavy atom. The average molecular weight is 427 g/mol. The molecular weight excluding hydrogens is 392 g/mol. The molecule has 0 radical (unpaired) electrons. The van der Waals surface area contributed by atoms with Crippen molar-refractivity contribution in [1.82, 2.24) is 15.5 Å². The van der Waals surface area contributed by atoms with Gasteiger partial charge in [-0.15, -0.1) is 0 Å². The molecule has 7 heteroatoms. The third kappa shape index (κ3) is 5.82. The van der Waals surface area contributed by atoms with Gasteiger partial charge in [-0.1, -0.05) is 30.3 Å². The molecule has 1 saturated heterocycles. The average Bonchev–Trinajstić information content (AvgIpc) is 3.36. The SMILES string of the molecule is CN=C(NCc1c(OC)cc(OC)cc1OC)NCC(c1ccccc1)N1CCCC1. The van der Waals surface area contributed by atoms with Crippen LogP contribution in [0.1, 0.15) is 30.0 Å². The van der Waals surface area contributed by atoms with Crippen LogP contribution >= 0.6 is 0 Å². The molecule has 1 heterocycles. The third-order valence-corrected chi connectivity index (χ3v) is 5.70. The highest BCUT2D eigenvalue weighted by atomic mass is 16.5. The first-order valence-corrected chi connectivity index (χ1v) is 10.7. The summed E-state index contributed by atoms with van der Waals surface area (Å²) in [6.45, 7) is 3.55. The van der Waals surface area contributed by atoms with Crippen molar-refractivity contribution in [3.8, 4) is 17.2 Å². The fraction of sp³-hybridized carbons (Fsp3) is 0.458. The number of nitrogens with zero attached hydrogens (tertiary/aromatic N) is 2. The summed E-state index contributed by atoms with van der Waals surface area (Å²) in [6.07, 6.45) is 2.51. The zero-order valence-electron chi connectivity index (χ0n) is 19.0. The monoisotopic (exact) mass is 426 g/mol. The van der Waals surface area contributed by atoms with Gasteiger partial charge in [-0.2, -0.15) is 0 Å². The van der Waals surface area contributed by atoms with Crippen molar-refractivity contribution in [2.24, 2.45) is 4.99 Å². The molecule has 0 saturated carbocycles. The highest BCUT2D eigenvalue weighted by Gasteiger charge is 2.23. The van der Waals surface area contributed by atoms with Crippen LogP contribution in [0.3, 0.4) is 0 Å². The molecular formula is C24H34N4O3. The number of hydrogen-bond acceptors (Lipinski definition) is 5. The van der Waals surface area contributed by atoms with Crippen LogP contribution in [0.4, 0.5) is 0 Å². The number of benzene rings is 2. The predicted octanol–water partition coefficient (Wildman–Crippen LogP) is 3.21. The number of hydrogen-bond donors (Lipinski definition) is 2. The van der Waals surface area contributed by atoms with Crippen molar-refractivity contribution in [3.63, 3.8) is 0 Å². The molecule has 0 aromatic heterocycles. The standard InChI is InChI=1S/C24H34N4O3/c1-25-24(26-16-20-22(30-3)14-19(29-2)15-23(20)31-4)27-17-21(28-12-8-9-13-28)18-10-6-5-7-11-18/h5-7,10-11,14-15,21H,8-9,12-13,16-17H2,1-4H3,(H2,25,26,27). The maximum Gasteiger partial charge on any atom is 0.191 e. The number of aliphatic imine (C=N–C) groups is 1. The summed E-state index contributed by atoms with van der Waals surface area (Å²) < 4.78 is 16.4. The van der Waals surface area contributed by atoms with E-state index in [-0.39, 0.29) is 0 Å². The van der Waals surface area contributed by atoms with Gasteiger partial charge >= 0.3 is 0 Å². The molecule has 0 aliphatic carbocycles. The normalized spacial score (nSPS) is 15.4. The van der Waals surface area contributed by atoms with Gasteiger partial charge in [-0.05, 0) is 31.5 Å². The lowest BCUT2D eigenvalue weighted by atomic mass is 10.1. The number of guanidine groups is 1. The summed E-state index contributed by atoms with van der Waals surface area (Å²) in [4.78, 5) is 6.96. The minimum atomic E-state index is 0.312. The van der Waals surface area contributed by atoms with Crippen LogP contribution in [-0.4, -0.2) is 58.9 Å². The van der Waals surface area contributed by atoms with Crippen LogP contribution in [0, 0.1) is 0 Å². The van der Waals surface area contributed by atoms with Gasteiger partial charge in [0.25, 0.3) is 0 Å². The molecule has 2 N–H and O–H groups in total. The van der Waals surface area contributed by atoms with E-state index in [1.54, 1.807) is 28.4 Å². The minimum Gasteiger partial charge on any atom is -0.496 e. The minimum absolute atomic E-state index is 0.312. The van der Waals surface area contributed by atoms with E-state index in [0.29, 0.717) is 29.8 Å².